The molecule has 1 atom stereocenters. The van der Waals surface area contributed by atoms with E-state index in [1.807, 2.05) is 49.1 Å². The average Bonchev–Trinajstić information content (AvgIpc) is 3.40. The van der Waals surface area contributed by atoms with Gasteiger partial charge in [-0.15, -0.1) is 0 Å². The molecule has 3 aromatic rings. The molecule has 1 N–H and O–H groups in total. The van der Waals surface area contributed by atoms with Gasteiger partial charge in [0.2, 0.25) is 0 Å². The second-order valence-electron chi connectivity index (χ2n) is 8.22. The van der Waals surface area contributed by atoms with Gasteiger partial charge < -0.3 is 10.0 Å². The normalized spacial score (nSPS) is 16.5. The second kappa shape index (κ2) is 9.28. The van der Waals surface area contributed by atoms with E-state index in [4.69, 9.17) is 0 Å². The topological polar surface area (TPSA) is 88.3 Å². The predicted molar refractivity (Wildman–Crippen MR) is 123 cm³/mol. The van der Waals surface area contributed by atoms with Crippen LogP contribution in [0.4, 0.5) is 5.13 Å². The molecule has 1 saturated heterocycles. The summed E-state index contributed by atoms with van der Waals surface area (Å²) in [6, 6.07) is 9.77. The third-order valence-corrected chi connectivity index (χ3v) is 6.74. The van der Waals surface area contributed by atoms with Gasteiger partial charge in [0.1, 0.15) is 5.82 Å². The largest absolute Gasteiger partial charge is 0.396 e. The summed E-state index contributed by atoms with van der Waals surface area (Å²) < 4.78 is 1.61. The zero-order chi connectivity index (χ0) is 22.0. The number of aryl methyl sites for hydroxylation is 1. The summed E-state index contributed by atoms with van der Waals surface area (Å²) >= 11 is 1.36. The van der Waals surface area contributed by atoms with Crippen LogP contribution >= 0.6 is 11.3 Å². The van der Waals surface area contributed by atoms with E-state index in [9.17, 15) is 14.7 Å². The quantitative estimate of drug-likeness (QED) is 0.579. The number of ketones is 1. The molecule has 8 heteroatoms. The molecule has 0 bridgehead atoms. The number of nitrogens with zero attached hydrogens (tertiary/aromatic N) is 4. The Morgan fingerprint density at radius 2 is 2.00 bits per heavy atom. The first-order valence-corrected chi connectivity index (χ1v) is 11.7. The first-order valence-electron chi connectivity index (χ1n) is 10.9. The van der Waals surface area contributed by atoms with Gasteiger partial charge in [0, 0.05) is 25.4 Å². The molecule has 1 aliphatic heterocycles. The van der Waals surface area contributed by atoms with Crippen LogP contribution in [0, 0.1) is 0 Å². The van der Waals surface area contributed by atoms with Gasteiger partial charge in [0.15, 0.2) is 21.3 Å². The van der Waals surface area contributed by atoms with Gasteiger partial charge in [0.05, 0.1) is 12.6 Å². The van der Waals surface area contributed by atoms with Crippen LogP contribution in [0.15, 0.2) is 35.1 Å². The summed E-state index contributed by atoms with van der Waals surface area (Å²) in [7, 11) is 0. The summed E-state index contributed by atoms with van der Waals surface area (Å²) in [5.74, 6) is 0.788. The van der Waals surface area contributed by atoms with Crippen molar-refractivity contribution in [2.75, 3.05) is 18.1 Å². The number of fused-ring (bicyclic) bond motifs is 1. The fourth-order valence-electron chi connectivity index (χ4n) is 4.26. The fraction of sp³-hybridized carbons (Fsp3) is 0.478. The Morgan fingerprint density at radius 3 is 2.71 bits per heavy atom. The Bertz CT molecular complexity index is 1120. The lowest BCUT2D eigenvalue weighted by Gasteiger charge is -2.22. The maximum Gasteiger partial charge on any atom is 0.281 e. The average molecular weight is 441 g/mol. The molecule has 0 radical (unpaired) electrons. The maximum atomic E-state index is 13.1. The van der Waals surface area contributed by atoms with Gasteiger partial charge in [-0.2, -0.15) is 0 Å². The van der Waals surface area contributed by atoms with Crippen LogP contribution in [-0.2, 0) is 17.6 Å². The van der Waals surface area contributed by atoms with Crippen molar-refractivity contribution in [1.29, 1.82) is 0 Å². The van der Waals surface area contributed by atoms with Crippen molar-refractivity contribution in [2.45, 2.75) is 58.0 Å². The lowest BCUT2D eigenvalue weighted by molar-refractivity contribution is -0.120. The highest BCUT2D eigenvalue weighted by Gasteiger charge is 2.33. The number of hydrogen-bond acceptors (Lipinski definition) is 7. The molecule has 0 saturated carbocycles. The maximum absolute atomic E-state index is 13.1. The minimum Gasteiger partial charge on any atom is -0.396 e. The Hall–Kier alpha value is -2.58. The number of aromatic nitrogens is 3. The number of carbonyl (C=O) groups excluding carboxylic acids is 1. The third-order valence-electron chi connectivity index (χ3n) is 5.75. The van der Waals surface area contributed by atoms with Crippen molar-refractivity contribution in [3.8, 4) is 0 Å². The first-order chi connectivity index (χ1) is 15.0. The molecule has 164 valence electrons. The molecule has 0 amide bonds. The van der Waals surface area contributed by atoms with Crippen molar-refractivity contribution in [1.82, 2.24) is 14.5 Å². The number of aliphatic hydroxyl groups excluding tert-OH is 1. The predicted octanol–water partition coefficient (Wildman–Crippen LogP) is 3.14. The number of anilines is 1. The molecule has 7 nitrogen and oxygen atoms in total. The van der Waals surface area contributed by atoms with Crippen LogP contribution in [0.25, 0.3) is 10.3 Å². The number of aliphatic hydroxyl groups is 1. The van der Waals surface area contributed by atoms with Crippen molar-refractivity contribution in [3.05, 3.63) is 52.1 Å². The summed E-state index contributed by atoms with van der Waals surface area (Å²) in [5, 5.41) is 10.1. The molecule has 3 heterocycles. The second-order valence-corrected chi connectivity index (χ2v) is 9.18. The molecule has 31 heavy (non-hydrogen) atoms. The summed E-state index contributed by atoms with van der Waals surface area (Å²) in [6.07, 6.45) is 3.28. The van der Waals surface area contributed by atoms with Gasteiger partial charge in [-0.3, -0.25) is 14.2 Å². The van der Waals surface area contributed by atoms with E-state index < -0.39 is 0 Å². The van der Waals surface area contributed by atoms with Gasteiger partial charge in [-0.1, -0.05) is 41.7 Å². The van der Waals surface area contributed by atoms with E-state index in [1.165, 1.54) is 11.3 Å². The number of thiazole rings is 1. The molecule has 1 aliphatic rings. The van der Waals surface area contributed by atoms with Gasteiger partial charge >= 0.3 is 0 Å². The lowest BCUT2D eigenvalue weighted by atomic mass is 10.0. The van der Waals surface area contributed by atoms with Gasteiger partial charge in [0.25, 0.3) is 5.56 Å². The molecule has 0 aliphatic carbocycles. The molecule has 4 rings (SSSR count). The Labute approximate surface area is 185 Å². The Balaban J connectivity index is 1.60. The van der Waals surface area contributed by atoms with Crippen molar-refractivity contribution < 1.29 is 9.90 Å². The molecule has 0 unspecified atom stereocenters. The molecule has 1 fully saturated rings. The van der Waals surface area contributed by atoms with Crippen LogP contribution in [0.5, 0.6) is 0 Å². The first kappa shape index (κ1) is 21.6. The van der Waals surface area contributed by atoms with Crippen LogP contribution in [0.3, 0.4) is 0 Å². The van der Waals surface area contributed by atoms with Crippen LogP contribution < -0.4 is 10.5 Å². The van der Waals surface area contributed by atoms with Crippen LogP contribution in [0.2, 0.25) is 0 Å². The minimum atomic E-state index is -0.200. The molecular formula is C23H28N4O3S. The molecule has 2 aromatic heterocycles. The van der Waals surface area contributed by atoms with E-state index in [1.54, 1.807) is 4.57 Å². The number of hydrogen-bond donors (Lipinski definition) is 1. The van der Waals surface area contributed by atoms with Gasteiger partial charge in [-0.05, 0) is 38.7 Å². The van der Waals surface area contributed by atoms with Crippen molar-refractivity contribution in [2.24, 2.45) is 0 Å². The minimum absolute atomic E-state index is 0.0690. The van der Waals surface area contributed by atoms with E-state index in [0.717, 1.165) is 31.4 Å². The SMILES string of the molecule is CC(C)n1c(CCO)nc2sc(N3CCC[C@@H]3C(=O)CCc3ccccc3)nc2c1=O. The van der Waals surface area contributed by atoms with E-state index in [2.05, 4.69) is 9.97 Å². The summed E-state index contributed by atoms with van der Waals surface area (Å²) in [5.41, 5.74) is 1.32. The van der Waals surface area contributed by atoms with Crippen LogP contribution in [-0.4, -0.2) is 44.6 Å². The molecular weight excluding hydrogens is 412 g/mol. The van der Waals surface area contributed by atoms with Crippen molar-refractivity contribution in [3.63, 3.8) is 0 Å². The Kier molecular flexibility index (Phi) is 6.48. The summed E-state index contributed by atoms with van der Waals surface area (Å²) in [4.78, 5) is 37.9. The smallest absolute Gasteiger partial charge is 0.281 e. The summed E-state index contributed by atoms with van der Waals surface area (Å²) in [6.45, 7) is 4.53. The number of carbonyl (C=O) groups is 1. The van der Waals surface area contributed by atoms with Crippen LogP contribution in [0.1, 0.15) is 50.5 Å². The standard InChI is InChI=1S/C23H28N4O3S/c1-15(2)27-19(12-14-28)24-21-20(22(27)30)25-23(31-21)26-13-6-9-17(26)18(29)11-10-16-7-4-3-5-8-16/h3-5,7-8,15,17,28H,6,9-14H2,1-2H3/t17-/m1/s1. The van der Waals surface area contributed by atoms with Gasteiger partial charge in [-0.25, -0.2) is 9.97 Å². The monoisotopic (exact) mass is 440 g/mol. The highest BCUT2D eigenvalue weighted by atomic mass is 32.1. The van der Waals surface area contributed by atoms with E-state index in [-0.39, 0.29) is 30.0 Å². The lowest BCUT2D eigenvalue weighted by Crippen LogP contribution is -2.36. The third kappa shape index (κ3) is 4.41. The number of rotatable bonds is 8. The zero-order valence-electron chi connectivity index (χ0n) is 18.0. The zero-order valence-corrected chi connectivity index (χ0v) is 18.8. The Morgan fingerprint density at radius 1 is 1.23 bits per heavy atom. The van der Waals surface area contributed by atoms with Crippen molar-refractivity contribution >= 4 is 32.6 Å². The molecule has 1 aromatic carbocycles. The van der Waals surface area contributed by atoms with E-state index >= 15 is 0 Å². The van der Waals surface area contributed by atoms with E-state index in [0.29, 0.717) is 34.1 Å². The highest BCUT2D eigenvalue weighted by Crippen LogP contribution is 2.32. The molecule has 0 spiro atoms. The highest BCUT2D eigenvalue weighted by molar-refractivity contribution is 7.21. The number of benzene rings is 1. The fourth-order valence-corrected chi connectivity index (χ4v) is 5.29. The number of Topliss-reactive ketones (excluding diaryl/α,β-unsaturated/α-hetero) is 1.